The SMILES string of the molecule is CSN1c2ccccc2CC1[N+](=O)[O-]. The van der Waals surface area contributed by atoms with Crippen molar-refractivity contribution in [2.75, 3.05) is 10.6 Å². The van der Waals surface area contributed by atoms with Crippen molar-refractivity contribution >= 4 is 17.6 Å². The second-order valence-corrected chi connectivity index (χ2v) is 3.87. The molecule has 1 aromatic rings. The fourth-order valence-corrected chi connectivity index (χ4v) is 2.49. The molecule has 0 radical (unpaired) electrons. The summed E-state index contributed by atoms with van der Waals surface area (Å²) in [6.45, 7) is 0. The summed E-state index contributed by atoms with van der Waals surface area (Å²) in [5, 5.41) is 10.8. The maximum Gasteiger partial charge on any atom is 0.300 e. The number of nitrogens with zero attached hydrogens (tertiary/aromatic N) is 2. The minimum atomic E-state index is -0.609. The monoisotopic (exact) mass is 210 g/mol. The van der Waals surface area contributed by atoms with Gasteiger partial charge in [-0.05, 0) is 23.6 Å². The van der Waals surface area contributed by atoms with E-state index in [0.717, 1.165) is 11.3 Å². The molecule has 1 heterocycles. The number of benzene rings is 1. The van der Waals surface area contributed by atoms with Gasteiger partial charge < -0.3 is 0 Å². The van der Waals surface area contributed by atoms with Crippen molar-refractivity contribution in [3.8, 4) is 0 Å². The van der Waals surface area contributed by atoms with Crippen LogP contribution < -0.4 is 4.31 Å². The van der Waals surface area contributed by atoms with Crippen LogP contribution in [0, 0.1) is 10.1 Å². The fraction of sp³-hybridized carbons (Fsp3) is 0.333. The molecule has 0 saturated carbocycles. The van der Waals surface area contributed by atoms with E-state index in [-0.39, 0.29) is 4.92 Å². The van der Waals surface area contributed by atoms with Crippen LogP contribution in [0.2, 0.25) is 0 Å². The average molecular weight is 210 g/mol. The molecule has 0 fully saturated rings. The molecule has 0 saturated heterocycles. The highest BCUT2D eigenvalue weighted by molar-refractivity contribution is 8.00. The molecule has 0 spiro atoms. The third-order valence-corrected chi connectivity index (χ3v) is 3.18. The van der Waals surface area contributed by atoms with Crippen molar-refractivity contribution in [2.24, 2.45) is 0 Å². The predicted octanol–water partition coefficient (Wildman–Crippen LogP) is 1.93. The first-order chi connectivity index (χ1) is 6.74. The molecular weight excluding hydrogens is 200 g/mol. The van der Waals surface area contributed by atoms with Gasteiger partial charge in [0.25, 0.3) is 6.17 Å². The molecule has 14 heavy (non-hydrogen) atoms. The van der Waals surface area contributed by atoms with Crippen LogP contribution in [-0.4, -0.2) is 17.3 Å². The Morgan fingerprint density at radius 3 is 2.93 bits per heavy atom. The van der Waals surface area contributed by atoms with Crippen LogP contribution >= 0.6 is 11.9 Å². The molecule has 1 aliphatic heterocycles. The first-order valence-corrected chi connectivity index (χ1v) is 5.47. The van der Waals surface area contributed by atoms with Gasteiger partial charge in [0, 0.05) is 11.2 Å². The lowest BCUT2D eigenvalue weighted by Crippen LogP contribution is -2.32. The van der Waals surface area contributed by atoms with E-state index in [1.807, 2.05) is 30.5 Å². The van der Waals surface area contributed by atoms with E-state index in [9.17, 15) is 10.1 Å². The lowest BCUT2D eigenvalue weighted by Gasteiger charge is -2.17. The Hall–Kier alpha value is -1.23. The molecule has 1 aromatic carbocycles. The third-order valence-electron chi connectivity index (χ3n) is 2.34. The fourth-order valence-electron chi connectivity index (χ4n) is 1.72. The molecule has 0 aromatic heterocycles. The Kier molecular flexibility index (Phi) is 2.33. The quantitative estimate of drug-likeness (QED) is 0.425. The lowest BCUT2D eigenvalue weighted by atomic mass is 10.2. The highest BCUT2D eigenvalue weighted by atomic mass is 32.2. The zero-order chi connectivity index (χ0) is 10.1. The van der Waals surface area contributed by atoms with Gasteiger partial charge in [-0.1, -0.05) is 18.2 Å². The molecule has 0 N–H and O–H groups in total. The zero-order valence-electron chi connectivity index (χ0n) is 7.71. The van der Waals surface area contributed by atoms with Gasteiger partial charge in [-0.25, -0.2) is 0 Å². The molecule has 74 valence electrons. The number of para-hydroxylation sites is 1. The van der Waals surface area contributed by atoms with Crippen molar-refractivity contribution in [1.82, 2.24) is 0 Å². The lowest BCUT2D eigenvalue weighted by molar-refractivity contribution is -0.516. The first kappa shape index (κ1) is 9.33. The summed E-state index contributed by atoms with van der Waals surface area (Å²) in [6.07, 6.45) is 1.75. The van der Waals surface area contributed by atoms with Crippen molar-refractivity contribution in [3.63, 3.8) is 0 Å². The molecule has 0 bridgehead atoms. The van der Waals surface area contributed by atoms with Gasteiger partial charge in [0.15, 0.2) is 0 Å². The Bertz CT molecular complexity index is 370. The van der Waals surface area contributed by atoms with E-state index < -0.39 is 6.17 Å². The third kappa shape index (κ3) is 1.33. The standard InChI is InChI=1S/C9H10N2O2S/c1-14-10-8-5-3-2-4-7(8)6-9(10)11(12)13/h2-5,9H,6H2,1H3. The summed E-state index contributed by atoms with van der Waals surface area (Å²) in [4.78, 5) is 10.6. The molecular formula is C9H10N2O2S. The van der Waals surface area contributed by atoms with E-state index in [1.165, 1.54) is 11.9 Å². The van der Waals surface area contributed by atoms with Gasteiger partial charge in [-0.2, -0.15) is 0 Å². The first-order valence-electron chi connectivity index (χ1n) is 4.29. The summed E-state index contributed by atoms with van der Waals surface area (Å²) in [5.74, 6) is 0. The van der Waals surface area contributed by atoms with Crippen LogP contribution in [0.15, 0.2) is 24.3 Å². The summed E-state index contributed by atoms with van der Waals surface area (Å²) in [6, 6.07) is 7.70. The van der Waals surface area contributed by atoms with E-state index >= 15 is 0 Å². The van der Waals surface area contributed by atoms with Crippen LogP contribution in [0.4, 0.5) is 5.69 Å². The Balaban J connectivity index is 2.38. The van der Waals surface area contributed by atoms with Gasteiger partial charge in [-0.3, -0.25) is 14.4 Å². The maximum atomic E-state index is 10.8. The number of anilines is 1. The second-order valence-electron chi connectivity index (χ2n) is 3.11. The molecule has 5 heteroatoms. The molecule has 0 aliphatic carbocycles. The summed E-state index contributed by atoms with van der Waals surface area (Å²) < 4.78 is 1.76. The average Bonchev–Trinajstić information content (AvgIpc) is 2.56. The summed E-state index contributed by atoms with van der Waals surface area (Å²) >= 11 is 1.40. The molecule has 1 atom stereocenters. The minimum absolute atomic E-state index is 0.226. The van der Waals surface area contributed by atoms with E-state index in [4.69, 9.17) is 0 Å². The van der Waals surface area contributed by atoms with Crippen LogP contribution in [0.3, 0.4) is 0 Å². The van der Waals surface area contributed by atoms with Gasteiger partial charge in [-0.15, -0.1) is 0 Å². The highest BCUT2D eigenvalue weighted by Gasteiger charge is 2.36. The Labute approximate surface area is 86.2 Å². The van der Waals surface area contributed by atoms with Gasteiger partial charge in [0.2, 0.25) is 0 Å². The largest absolute Gasteiger partial charge is 0.300 e. The van der Waals surface area contributed by atoms with E-state index in [2.05, 4.69) is 0 Å². The molecule has 4 nitrogen and oxygen atoms in total. The van der Waals surface area contributed by atoms with Crippen molar-refractivity contribution in [3.05, 3.63) is 39.9 Å². The van der Waals surface area contributed by atoms with Crippen LogP contribution in [0.25, 0.3) is 0 Å². The number of rotatable bonds is 2. The van der Waals surface area contributed by atoms with E-state index in [1.54, 1.807) is 4.31 Å². The van der Waals surface area contributed by atoms with Crippen molar-refractivity contribution in [2.45, 2.75) is 12.6 Å². The van der Waals surface area contributed by atoms with Crippen molar-refractivity contribution < 1.29 is 4.92 Å². The van der Waals surface area contributed by atoms with Crippen LogP contribution in [0.5, 0.6) is 0 Å². The normalized spacial score (nSPS) is 19.5. The van der Waals surface area contributed by atoms with Gasteiger partial charge in [0.1, 0.15) is 0 Å². The predicted molar refractivity (Wildman–Crippen MR) is 56.9 cm³/mol. The van der Waals surface area contributed by atoms with Gasteiger partial charge >= 0.3 is 0 Å². The topological polar surface area (TPSA) is 46.4 Å². The number of hydrogen-bond acceptors (Lipinski definition) is 4. The Morgan fingerprint density at radius 2 is 2.29 bits per heavy atom. The summed E-state index contributed by atoms with van der Waals surface area (Å²) in [7, 11) is 0. The summed E-state index contributed by atoms with van der Waals surface area (Å²) in [5.41, 5.74) is 2.03. The van der Waals surface area contributed by atoms with Crippen LogP contribution in [0.1, 0.15) is 5.56 Å². The number of nitro groups is 1. The maximum absolute atomic E-state index is 10.8. The number of fused-ring (bicyclic) bond motifs is 1. The highest BCUT2D eigenvalue weighted by Crippen LogP contribution is 2.35. The number of hydrogen-bond donors (Lipinski definition) is 0. The zero-order valence-corrected chi connectivity index (χ0v) is 8.53. The second kappa shape index (κ2) is 3.49. The van der Waals surface area contributed by atoms with Crippen molar-refractivity contribution in [1.29, 1.82) is 0 Å². The minimum Gasteiger partial charge on any atom is -0.262 e. The molecule has 1 aliphatic rings. The Morgan fingerprint density at radius 1 is 1.57 bits per heavy atom. The smallest absolute Gasteiger partial charge is 0.262 e. The van der Waals surface area contributed by atoms with E-state index in [0.29, 0.717) is 6.42 Å². The molecule has 1 unspecified atom stereocenters. The van der Waals surface area contributed by atoms with Gasteiger partial charge in [0.05, 0.1) is 12.1 Å². The van der Waals surface area contributed by atoms with Crippen LogP contribution in [-0.2, 0) is 6.42 Å². The molecule has 0 amide bonds. The molecule has 2 rings (SSSR count).